The van der Waals surface area contributed by atoms with Crippen LogP contribution < -0.4 is 5.73 Å². The molecule has 1 aliphatic carbocycles. The van der Waals surface area contributed by atoms with Crippen LogP contribution in [0.25, 0.3) is 5.57 Å². The molecule has 1 atom stereocenters. The van der Waals surface area contributed by atoms with Gasteiger partial charge in [0.2, 0.25) is 0 Å². The van der Waals surface area contributed by atoms with Gasteiger partial charge in [-0.15, -0.1) is 0 Å². The van der Waals surface area contributed by atoms with E-state index in [1.165, 1.54) is 11.1 Å². The Kier molecular flexibility index (Phi) is 2.92. The van der Waals surface area contributed by atoms with E-state index in [-0.39, 0.29) is 5.54 Å². The van der Waals surface area contributed by atoms with Gasteiger partial charge >= 0.3 is 0 Å². The Morgan fingerprint density at radius 1 is 1.31 bits per heavy atom. The summed E-state index contributed by atoms with van der Waals surface area (Å²) in [6.07, 6.45) is 4.74. The Balaban J connectivity index is 2.54. The van der Waals surface area contributed by atoms with Crippen molar-refractivity contribution in [2.45, 2.75) is 25.8 Å². The fourth-order valence-electron chi connectivity index (χ4n) is 2.04. The van der Waals surface area contributed by atoms with Crippen LogP contribution in [-0.4, -0.2) is 5.54 Å². The number of hydrogen-bond donors (Lipinski definition) is 1. The molecule has 84 valence electrons. The molecule has 2 N–H and O–H groups in total. The van der Waals surface area contributed by atoms with Gasteiger partial charge in [-0.25, -0.2) is 0 Å². The maximum absolute atomic E-state index is 6.31. The predicted octanol–water partition coefficient (Wildman–Crippen LogP) is 3.62. The summed E-state index contributed by atoms with van der Waals surface area (Å²) in [7, 11) is 0. The fourth-order valence-corrected chi connectivity index (χ4v) is 2.23. The molecule has 0 heterocycles. The molecule has 0 saturated carbocycles. The first-order valence-electron chi connectivity index (χ1n) is 5.43. The zero-order valence-electron chi connectivity index (χ0n) is 9.63. The third kappa shape index (κ3) is 2.06. The van der Waals surface area contributed by atoms with Crippen LogP contribution in [0.3, 0.4) is 0 Å². The molecule has 0 amide bonds. The van der Waals surface area contributed by atoms with Crippen molar-refractivity contribution in [2.24, 2.45) is 5.73 Å². The average molecular weight is 234 g/mol. The minimum atomic E-state index is -0.329. The van der Waals surface area contributed by atoms with Crippen LogP contribution in [0.15, 0.2) is 41.4 Å². The largest absolute Gasteiger partial charge is 0.321 e. The summed E-state index contributed by atoms with van der Waals surface area (Å²) in [6, 6.07) is 8.26. The van der Waals surface area contributed by atoms with Crippen molar-refractivity contribution in [2.75, 3.05) is 0 Å². The van der Waals surface area contributed by atoms with Gasteiger partial charge in [-0.3, -0.25) is 0 Å². The molecule has 1 aliphatic rings. The van der Waals surface area contributed by atoms with E-state index >= 15 is 0 Å². The third-order valence-corrected chi connectivity index (χ3v) is 3.32. The molecule has 1 aromatic rings. The SMILES string of the molecule is Cc1ccccc1C1=CC(Cl)=CCC1(C)N. The highest BCUT2D eigenvalue weighted by atomic mass is 35.5. The van der Waals surface area contributed by atoms with Crippen molar-refractivity contribution in [3.63, 3.8) is 0 Å². The van der Waals surface area contributed by atoms with Gasteiger partial charge < -0.3 is 5.73 Å². The molecule has 1 aromatic carbocycles. The van der Waals surface area contributed by atoms with Crippen LogP contribution in [0.5, 0.6) is 0 Å². The molecular weight excluding hydrogens is 218 g/mol. The van der Waals surface area contributed by atoms with Crippen molar-refractivity contribution in [3.8, 4) is 0 Å². The molecule has 0 radical (unpaired) electrons. The number of rotatable bonds is 1. The van der Waals surface area contributed by atoms with Crippen LogP contribution >= 0.6 is 11.6 Å². The summed E-state index contributed by atoms with van der Waals surface area (Å²) in [5.74, 6) is 0. The summed E-state index contributed by atoms with van der Waals surface area (Å²) in [4.78, 5) is 0. The molecule has 16 heavy (non-hydrogen) atoms. The van der Waals surface area contributed by atoms with E-state index in [0.29, 0.717) is 0 Å². The van der Waals surface area contributed by atoms with Gasteiger partial charge in [-0.2, -0.15) is 0 Å². The van der Waals surface area contributed by atoms with E-state index in [1.807, 2.05) is 31.2 Å². The smallest absolute Gasteiger partial charge is 0.0423 e. The molecule has 0 fully saturated rings. The second-order valence-corrected chi connectivity index (χ2v) is 5.02. The third-order valence-electron chi connectivity index (χ3n) is 3.05. The minimum absolute atomic E-state index is 0.329. The van der Waals surface area contributed by atoms with Gasteiger partial charge in [0.1, 0.15) is 0 Å². The maximum atomic E-state index is 6.31. The quantitative estimate of drug-likeness (QED) is 0.788. The zero-order chi connectivity index (χ0) is 11.8. The van der Waals surface area contributed by atoms with Crippen molar-refractivity contribution < 1.29 is 0 Å². The Morgan fingerprint density at radius 3 is 2.69 bits per heavy atom. The van der Waals surface area contributed by atoms with Gasteiger partial charge in [0.15, 0.2) is 0 Å². The molecule has 2 heteroatoms. The first-order valence-corrected chi connectivity index (χ1v) is 5.81. The summed E-state index contributed by atoms with van der Waals surface area (Å²) >= 11 is 6.07. The van der Waals surface area contributed by atoms with Crippen LogP contribution in [0.1, 0.15) is 24.5 Å². The van der Waals surface area contributed by atoms with Crippen LogP contribution in [0.4, 0.5) is 0 Å². The van der Waals surface area contributed by atoms with Gasteiger partial charge in [-0.1, -0.05) is 41.9 Å². The van der Waals surface area contributed by atoms with Crippen molar-refractivity contribution in [1.29, 1.82) is 0 Å². The van der Waals surface area contributed by atoms with Gasteiger partial charge in [0, 0.05) is 10.6 Å². The lowest BCUT2D eigenvalue weighted by Crippen LogP contribution is -2.38. The lowest BCUT2D eigenvalue weighted by molar-refractivity contribution is 0.608. The van der Waals surface area contributed by atoms with Crippen LogP contribution in [0, 0.1) is 6.92 Å². The van der Waals surface area contributed by atoms with E-state index in [2.05, 4.69) is 19.1 Å². The molecule has 2 rings (SSSR count). The second kappa shape index (κ2) is 4.08. The van der Waals surface area contributed by atoms with Crippen molar-refractivity contribution >= 4 is 17.2 Å². The molecular formula is C14H16ClN. The molecule has 0 saturated heterocycles. The first-order chi connectivity index (χ1) is 7.50. The van der Waals surface area contributed by atoms with Crippen molar-refractivity contribution in [1.82, 2.24) is 0 Å². The predicted molar refractivity (Wildman–Crippen MR) is 70.3 cm³/mol. The maximum Gasteiger partial charge on any atom is 0.0423 e. The highest BCUT2D eigenvalue weighted by Gasteiger charge is 2.27. The molecule has 0 spiro atoms. The Bertz CT molecular complexity index is 469. The monoisotopic (exact) mass is 233 g/mol. The van der Waals surface area contributed by atoms with Gasteiger partial charge in [0.05, 0.1) is 0 Å². The molecule has 1 unspecified atom stereocenters. The molecule has 1 nitrogen and oxygen atoms in total. The standard InChI is InChI=1S/C14H16ClN/c1-10-5-3-4-6-12(10)13-9-11(15)7-8-14(13,2)16/h3-7,9H,8,16H2,1-2H3. The van der Waals surface area contributed by atoms with E-state index < -0.39 is 0 Å². The summed E-state index contributed by atoms with van der Waals surface area (Å²) in [5, 5.41) is 0.779. The Hall–Kier alpha value is -1.05. The average Bonchev–Trinajstić information content (AvgIpc) is 2.23. The van der Waals surface area contributed by atoms with Crippen LogP contribution in [0.2, 0.25) is 0 Å². The highest BCUT2D eigenvalue weighted by Crippen LogP contribution is 2.35. The summed E-state index contributed by atoms with van der Waals surface area (Å²) in [5.41, 5.74) is 9.53. The number of nitrogens with two attached hydrogens (primary N) is 1. The second-order valence-electron chi connectivity index (χ2n) is 4.58. The van der Waals surface area contributed by atoms with Gasteiger partial charge in [0.25, 0.3) is 0 Å². The number of aryl methyl sites for hydroxylation is 1. The van der Waals surface area contributed by atoms with E-state index in [0.717, 1.165) is 17.0 Å². The summed E-state index contributed by atoms with van der Waals surface area (Å²) < 4.78 is 0. The lowest BCUT2D eigenvalue weighted by atomic mass is 9.80. The molecule has 0 aliphatic heterocycles. The Labute approximate surface area is 102 Å². The normalized spacial score (nSPS) is 25.0. The lowest BCUT2D eigenvalue weighted by Gasteiger charge is -2.31. The number of allylic oxidation sites excluding steroid dienone is 2. The molecule has 0 aromatic heterocycles. The Morgan fingerprint density at radius 2 is 2.00 bits per heavy atom. The number of hydrogen-bond acceptors (Lipinski definition) is 1. The highest BCUT2D eigenvalue weighted by molar-refractivity contribution is 6.32. The zero-order valence-corrected chi connectivity index (χ0v) is 10.4. The number of benzene rings is 1. The topological polar surface area (TPSA) is 26.0 Å². The fraction of sp³-hybridized carbons (Fsp3) is 0.286. The van der Waals surface area contributed by atoms with E-state index in [1.54, 1.807) is 0 Å². The van der Waals surface area contributed by atoms with E-state index in [4.69, 9.17) is 17.3 Å². The van der Waals surface area contributed by atoms with Gasteiger partial charge in [-0.05, 0) is 43.0 Å². The molecule has 0 bridgehead atoms. The number of halogens is 1. The van der Waals surface area contributed by atoms with Crippen LogP contribution in [-0.2, 0) is 0 Å². The minimum Gasteiger partial charge on any atom is -0.321 e. The first kappa shape index (κ1) is 11.4. The van der Waals surface area contributed by atoms with Crippen molar-refractivity contribution in [3.05, 3.63) is 52.6 Å². The summed E-state index contributed by atoms with van der Waals surface area (Å²) in [6.45, 7) is 4.14. The van der Waals surface area contributed by atoms with E-state index in [9.17, 15) is 0 Å².